The number of rotatable bonds is 4. The summed E-state index contributed by atoms with van der Waals surface area (Å²) in [5.74, 6) is 0. The highest BCUT2D eigenvalue weighted by Crippen LogP contribution is 2.14. The van der Waals surface area contributed by atoms with Crippen molar-refractivity contribution < 1.29 is 0 Å². The smallest absolute Gasteiger partial charge is 0.113 e. The summed E-state index contributed by atoms with van der Waals surface area (Å²) in [6.45, 7) is 4.46. The van der Waals surface area contributed by atoms with Crippen molar-refractivity contribution in [2.24, 2.45) is 0 Å². The Kier molecular flexibility index (Phi) is 3.89. The molecule has 2 aromatic rings. The normalized spacial score (nSPS) is 16.6. The largest absolute Gasteiger partial charge is 0.301 e. The minimum absolute atomic E-state index is 0.923. The zero-order valence-corrected chi connectivity index (χ0v) is 11.1. The van der Waals surface area contributed by atoms with Crippen LogP contribution in [0.3, 0.4) is 0 Å². The topological polar surface area (TPSA) is 34.0 Å². The molecular weight excluding hydrogens is 236 g/mol. The molecule has 3 rings (SSSR count). The third-order valence-corrected chi connectivity index (χ3v) is 3.65. The maximum absolute atomic E-state index is 4.23. The van der Waals surface area contributed by atoms with E-state index < -0.39 is 0 Å². The molecule has 0 amide bonds. The standard InChI is InChI=1S/C15H19N4/c1-3-7-14(8-4-1)15-13-19(17-16-15)12-11-18-9-5-2-6-10-18/h3-4,7-8,13H,2,5-6,9-12H2. The Labute approximate surface area is 114 Å². The van der Waals surface area contributed by atoms with Gasteiger partial charge in [0, 0.05) is 12.1 Å². The van der Waals surface area contributed by atoms with Crippen molar-refractivity contribution >= 4 is 0 Å². The van der Waals surface area contributed by atoms with Gasteiger partial charge in [-0.25, -0.2) is 0 Å². The van der Waals surface area contributed by atoms with Crippen LogP contribution in [-0.2, 0) is 6.54 Å². The Balaban J connectivity index is 1.59. The van der Waals surface area contributed by atoms with Gasteiger partial charge in [0.15, 0.2) is 0 Å². The molecule has 0 spiro atoms. The Morgan fingerprint density at radius 3 is 2.63 bits per heavy atom. The van der Waals surface area contributed by atoms with E-state index in [-0.39, 0.29) is 0 Å². The molecule has 0 aliphatic carbocycles. The van der Waals surface area contributed by atoms with E-state index in [1.54, 1.807) is 0 Å². The highest BCUT2D eigenvalue weighted by atomic mass is 15.4. The first-order valence-electron chi connectivity index (χ1n) is 7.01. The summed E-state index contributed by atoms with van der Waals surface area (Å²) in [5.41, 5.74) is 2.04. The molecule has 19 heavy (non-hydrogen) atoms. The van der Waals surface area contributed by atoms with Crippen LogP contribution in [0.4, 0.5) is 0 Å². The van der Waals surface area contributed by atoms with Gasteiger partial charge in [0.2, 0.25) is 0 Å². The molecule has 0 saturated carbocycles. The van der Waals surface area contributed by atoms with Crippen LogP contribution < -0.4 is 0 Å². The first-order chi connectivity index (χ1) is 9.42. The van der Waals surface area contributed by atoms with Crippen LogP contribution in [0.15, 0.2) is 30.5 Å². The first-order valence-corrected chi connectivity index (χ1v) is 7.01. The lowest BCUT2D eigenvalue weighted by Crippen LogP contribution is -2.32. The Morgan fingerprint density at radius 2 is 1.84 bits per heavy atom. The minimum Gasteiger partial charge on any atom is -0.301 e. The second-order valence-corrected chi connectivity index (χ2v) is 5.06. The van der Waals surface area contributed by atoms with E-state index in [4.69, 9.17) is 0 Å². The molecule has 0 bridgehead atoms. The zero-order chi connectivity index (χ0) is 12.9. The molecule has 0 atom stereocenters. The molecule has 4 nitrogen and oxygen atoms in total. The summed E-state index contributed by atoms with van der Waals surface area (Å²) in [5, 5.41) is 8.44. The minimum atomic E-state index is 0.923. The van der Waals surface area contributed by atoms with Gasteiger partial charge in [-0.2, -0.15) is 0 Å². The summed E-state index contributed by atoms with van der Waals surface area (Å²) >= 11 is 0. The molecule has 1 aliphatic heterocycles. The van der Waals surface area contributed by atoms with Crippen LogP contribution in [0.5, 0.6) is 0 Å². The molecule has 1 radical (unpaired) electrons. The van der Waals surface area contributed by atoms with E-state index in [1.165, 1.54) is 32.4 Å². The van der Waals surface area contributed by atoms with E-state index in [1.807, 2.05) is 35.1 Å². The second-order valence-electron chi connectivity index (χ2n) is 5.06. The molecule has 0 N–H and O–H groups in total. The van der Waals surface area contributed by atoms with Gasteiger partial charge in [-0.05, 0) is 32.0 Å². The van der Waals surface area contributed by atoms with Crippen LogP contribution in [0.25, 0.3) is 11.3 Å². The lowest BCUT2D eigenvalue weighted by molar-refractivity contribution is 0.217. The van der Waals surface area contributed by atoms with Gasteiger partial charge in [0.05, 0.1) is 12.7 Å². The van der Waals surface area contributed by atoms with E-state index in [2.05, 4.69) is 21.3 Å². The predicted molar refractivity (Wildman–Crippen MR) is 74.6 cm³/mol. The average molecular weight is 255 g/mol. The lowest BCUT2D eigenvalue weighted by Gasteiger charge is -2.25. The summed E-state index contributed by atoms with van der Waals surface area (Å²) < 4.78 is 1.95. The SMILES string of the molecule is [c]1ccc(-c2cn(CCN3CCCCC3)nn2)cc1. The van der Waals surface area contributed by atoms with Crippen LogP contribution in [0.2, 0.25) is 0 Å². The Morgan fingerprint density at radius 1 is 1.05 bits per heavy atom. The van der Waals surface area contributed by atoms with E-state index in [0.717, 1.165) is 24.3 Å². The molecule has 1 aliphatic rings. The maximum Gasteiger partial charge on any atom is 0.113 e. The van der Waals surface area contributed by atoms with E-state index in [0.29, 0.717) is 0 Å². The highest BCUT2D eigenvalue weighted by Gasteiger charge is 2.10. The number of nitrogens with zero attached hydrogens (tertiary/aromatic N) is 4. The number of piperidine rings is 1. The Hall–Kier alpha value is -1.68. The van der Waals surface area contributed by atoms with Crippen LogP contribution in [0, 0.1) is 6.07 Å². The molecular formula is C15H19N4. The molecule has 0 unspecified atom stereocenters. The quantitative estimate of drug-likeness (QED) is 0.840. The fourth-order valence-electron chi connectivity index (χ4n) is 2.52. The number of hydrogen-bond donors (Lipinski definition) is 0. The number of likely N-dealkylation sites (tertiary alicyclic amines) is 1. The summed E-state index contributed by atoms with van der Waals surface area (Å²) in [6.07, 6.45) is 6.08. The third-order valence-electron chi connectivity index (χ3n) is 3.65. The molecule has 2 heterocycles. The molecule has 1 fully saturated rings. The van der Waals surface area contributed by atoms with Crippen molar-refractivity contribution in [3.63, 3.8) is 0 Å². The van der Waals surface area contributed by atoms with E-state index >= 15 is 0 Å². The predicted octanol–water partition coefficient (Wildman–Crippen LogP) is 2.23. The Bertz CT molecular complexity index is 500. The number of benzene rings is 1. The lowest BCUT2D eigenvalue weighted by atomic mass is 10.1. The van der Waals surface area contributed by atoms with Crippen LogP contribution in [-0.4, -0.2) is 39.5 Å². The highest BCUT2D eigenvalue weighted by molar-refractivity contribution is 5.56. The van der Waals surface area contributed by atoms with Gasteiger partial charge >= 0.3 is 0 Å². The monoisotopic (exact) mass is 255 g/mol. The van der Waals surface area contributed by atoms with Crippen molar-refractivity contribution in [2.75, 3.05) is 19.6 Å². The first kappa shape index (κ1) is 12.4. The van der Waals surface area contributed by atoms with Crippen molar-refractivity contribution in [1.29, 1.82) is 0 Å². The zero-order valence-electron chi connectivity index (χ0n) is 11.1. The van der Waals surface area contributed by atoms with Gasteiger partial charge in [0.1, 0.15) is 5.69 Å². The summed E-state index contributed by atoms with van der Waals surface area (Å²) in [4.78, 5) is 2.52. The maximum atomic E-state index is 4.23. The molecule has 1 saturated heterocycles. The van der Waals surface area contributed by atoms with Gasteiger partial charge in [-0.1, -0.05) is 35.9 Å². The van der Waals surface area contributed by atoms with Gasteiger partial charge in [0.25, 0.3) is 0 Å². The van der Waals surface area contributed by atoms with Gasteiger partial charge in [-0.3, -0.25) is 4.68 Å². The second kappa shape index (κ2) is 5.97. The fourth-order valence-corrected chi connectivity index (χ4v) is 2.52. The van der Waals surface area contributed by atoms with Crippen molar-refractivity contribution in [3.8, 4) is 11.3 Å². The fraction of sp³-hybridized carbons (Fsp3) is 0.467. The van der Waals surface area contributed by atoms with Crippen molar-refractivity contribution in [3.05, 3.63) is 36.5 Å². The number of hydrogen-bond acceptors (Lipinski definition) is 3. The third kappa shape index (κ3) is 3.20. The van der Waals surface area contributed by atoms with Crippen LogP contribution in [0.1, 0.15) is 19.3 Å². The summed E-state index contributed by atoms with van der Waals surface area (Å²) in [6, 6.07) is 10.9. The molecule has 1 aromatic heterocycles. The van der Waals surface area contributed by atoms with Crippen molar-refractivity contribution in [2.45, 2.75) is 25.8 Å². The van der Waals surface area contributed by atoms with E-state index in [9.17, 15) is 0 Å². The average Bonchev–Trinajstić information content (AvgIpc) is 2.96. The molecule has 4 heteroatoms. The molecule has 99 valence electrons. The van der Waals surface area contributed by atoms with Gasteiger partial charge in [-0.15, -0.1) is 5.10 Å². The van der Waals surface area contributed by atoms with Crippen molar-refractivity contribution in [1.82, 2.24) is 19.9 Å². The molecule has 1 aromatic carbocycles. The number of aromatic nitrogens is 3. The van der Waals surface area contributed by atoms with Crippen LogP contribution >= 0.6 is 0 Å². The van der Waals surface area contributed by atoms with Gasteiger partial charge < -0.3 is 4.90 Å². The summed E-state index contributed by atoms with van der Waals surface area (Å²) in [7, 11) is 0.